The Morgan fingerprint density at radius 3 is 2.34 bits per heavy atom. The molecule has 2 saturated heterocycles. The molecule has 5 rings (SSSR count). The van der Waals surface area contributed by atoms with Crippen LogP contribution in [0, 0.1) is 6.92 Å². The molecule has 2 heterocycles. The first-order chi connectivity index (χ1) is 18.3. The first-order valence-corrected chi connectivity index (χ1v) is 13.3. The quantitative estimate of drug-likeness (QED) is 0.472. The van der Waals surface area contributed by atoms with Crippen LogP contribution in [0.3, 0.4) is 0 Å². The molecule has 0 unspecified atom stereocenters. The maximum absolute atomic E-state index is 13.9. The van der Waals surface area contributed by atoms with Gasteiger partial charge in [-0.3, -0.25) is 14.4 Å². The van der Waals surface area contributed by atoms with Crippen molar-refractivity contribution < 1.29 is 14.4 Å². The maximum atomic E-state index is 13.9. The number of likely N-dealkylation sites (tertiary alicyclic amines) is 1. The molecular weight excluding hydrogens is 523 g/mol. The van der Waals surface area contributed by atoms with Gasteiger partial charge in [0.1, 0.15) is 12.1 Å². The Labute approximate surface area is 231 Å². The number of carbonyl (C=O) groups excluding carboxylic acids is 3. The SMILES string of the molecule is Cc1cccc(NC(=O)CN2CN(c3ccccc3)C3(CCN(C(=O)c4ccc(Cl)c(Cl)c4)CC3)C2=O)c1. The second kappa shape index (κ2) is 10.7. The summed E-state index contributed by atoms with van der Waals surface area (Å²) < 4.78 is 0. The monoisotopic (exact) mass is 550 g/mol. The van der Waals surface area contributed by atoms with Crippen LogP contribution in [0.2, 0.25) is 10.0 Å². The molecule has 0 aliphatic carbocycles. The number of hydrogen-bond acceptors (Lipinski definition) is 4. The van der Waals surface area contributed by atoms with E-state index >= 15 is 0 Å². The number of piperidine rings is 1. The Hall–Kier alpha value is -3.55. The zero-order chi connectivity index (χ0) is 26.9. The van der Waals surface area contributed by atoms with E-state index in [9.17, 15) is 14.4 Å². The Bertz CT molecular complexity index is 1370. The molecule has 1 spiro atoms. The maximum Gasteiger partial charge on any atom is 0.253 e. The summed E-state index contributed by atoms with van der Waals surface area (Å²) in [6.07, 6.45) is 0.896. The normalized spacial score (nSPS) is 16.7. The molecule has 38 heavy (non-hydrogen) atoms. The molecule has 2 fully saturated rings. The number of carbonyl (C=O) groups is 3. The Morgan fingerprint density at radius 2 is 1.66 bits per heavy atom. The zero-order valence-corrected chi connectivity index (χ0v) is 22.5. The highest BCUT2D eigenvalue weighted by Crippen LogP contribution is 2.40. The largest absolute Gasteiger partial charge is 0.339 e. The van der Waals surface area contributed by atoms with Crippen LogP contribution in [0.15, 0.2) is 72.8 Å². The molecule has 0 atom stereocenters. The third kappa shape index (κ3) is 5.08. The van der Waals surface area contributed by atoms with Gasteiger partial charge in [0, 0.05) is 30.0 Å². The number of para-hydroxylation sites is 1. The molecule has 0 aromatic heterocycles. The lowest BCUT2D eigenvalue weighted by molar-refractivity contribution is -0.136. The molecule has 0 bridgehead atoms. The van der Waals surface area contributed by atoms with E-state index in [0.717, 1.165) is 11.3 Å². The summed E-state index contributed by atoms with van der Waals surface area (Å²) in [6.45, 7) is 3.00. The average molecular weight is 551 g/mol. The van der Waals surface area contributed by atoms with Crippen molar-refractivity contribution >= 4 is 52.3 Å². The van der Waals surface area contributed by atoms with Crippen molar-refractivity contribution in [2.75, 3.05) is 36.5 Å². The van der Waals surface area contributed by atoms with Crippen LogP contribution in [0.25, 0.3) is 0 Å². The first kappa shape index (κ1) is 26.1. The number of anilines is 2. The minimum absolute atomic E-state index is 0.0518. The average Bonchev–Trinajstić information content (AvgIpc) is 3.17. The second-order valence-electron chi connectivity index (χ2n) is 9.78. The van der Waals surface area contributed by atoms with Crippen LogP contribution in [-0.4, -0.2) is 59.4 Å². The smallest absolute Gasteiger partial charge is 0.253 e. The molecule has 3 amide bonds. The zero-order valence-electron chi connectivity index (χ0n) is 21.0. The fourth-order valence-electron chi connectivity index (χ4n) is 5.31. The molecule has 2 aliphatic rings. The van der Waals surface area contributed by atoms with E-state index in [1.54, 1.807) is 28.0 Å². The number of amides is 3. The van der Waals surface area contributed by atoms with Gasteiger partial charge in [-0.1, -0.05) is 53.5 Å². The van der Waals surface area contributed by atoms with Crippen LogP contribution < -0.4 is 10.2 Å². The summed E-state index contributed by atoms with van der Waals surface area (Å²) in [6, 6.07) is 22.1. The molecule has 9 heteroatoms. The van der Waals surface area contributed by atoms with Gasteiger partial charge in [-0.2, -0.15) is 0 Å². The Balaban J connectivity index is 1.34. The van der Waals surface area contributed by atoms with Crippen LogP contribution >= 0.6 is 23.2 Å². The number of benzene rings is 3. The molecule has 2 aliphatic heterocycles. The van der Waals surface area contributed by atoms with Gasteiger partial charge < -0.3 is 20.0 Å². The lowest BCUT2D eigenvalue weighted by Gasteiger charge is -2.43. The van der Waals surface area contributed by atoms with E-state index in [0.29, 0.717) is 53.9 Å². The molecule has 196 valence electrons. The highest BCUT2D eigenvalue weighted by molar-refractivity contribution is 6.42. The summed E-state index contributed by atoms with van der Waals surface area (Å²) >= 11 is 12.1. The molecule has 0 saturated carbocycles. The summed E-state index contributed by atoms with van der Waals surface area (Å²) in [5, 5.41) is 3.62. The predicted molar refractivity (Wildman–Crippen MR) is 150 cm³/mol. The van der Waals surface area contributed by atoms with E-state index in [1.807, 2.05) is 61.5 Å². The van der Waals surface area contributed by atoms with Gasteiger partial charge in [-0.15, -0.1) is 0 Å². The van der Waals surface area contributed by atoms with Gasteiger partial charge in [-0.05, 0) is 67.8 Å². The second-order valence-corrected chi connectivity index (χ2v) is 10.6. The number of aryl methyl sites for hydroxylation is 1. The van der Waals surface area contributed by atoms with Crippen LogP contribution in [0.4, 0.5) is 11.4 Å². The van der Waals surface area contributed by atoms with Gasteiger partial charge in [-0.25, -0.2) is 0 Å². The summed E-state index contributed by atoms with van der Waals surface area (Å²) in [5.41, 5.74) is 2.27. The molecule has 0 radical (unpaired) electrons. The van der Waals surface area contributed by atoms with Crippen molar-refractivity contribution in [2.45, 2.75) is 25.3 Å². The molecule has 3 aromatic rings. The summed E-state index contributed by atoms with van der Waals surface area (Å²) in [4.78, 5) is 45.4. The molecule has 3 aromatic carbocycles. The van der Waals surface area contributed by atoms with E-state index in [1.165, 1.54) is 0 Å². The highest BCUT2D eigenvalue weighted by Gasteiger charge is 2.54. The number of rotatable bonds is 5. The summed E-state index contributed by atoms with van der Waals surface area (Å²) in [7, 11) is 0. The Kier molecular flexibility index (Phi) is 7.32. The highest BCUT2D eigenvalue weighted by atomic mass is 35.5. The van der Waals surface area contributed by atoms with E-state index in [4.69, 9.17) is 23.2 Å². The number of halogens is 2. The third-order valence-electron chi connectivity index (χ3n) is 7.26. The van der Waals surface area contributed by atoms with Gasteiger partial charge in [0.25, 0.3) is 11.8 Å². The molecule has 1 N–H and O–H groups in total. The molecular formula is C29H28Cl2N4O3. The number of nitrogens with one attached hydrogen (secondary N) is 1. The van der Waals surface area contributed by atoms with Crippen molar-refractivity contribution in [1.29, 1.82) is 0 Å². The van der Waals surface area contributed by atoms with E-state index in [-0.39, 0.29) is 24.3 Å². The third-order valence-corrected chi connectivity index (χ3v) is 8.00. The number of hydrogen-bond donors (Lipinski definition) is 1. The molecule has 7 nitrogen and oxygen atoms in total. The minimum atomic E-state index is -0.834. The fourth-order valence-corrected chi connectivity index (χ4v) is 5.61. The van der Waals surface area contributed by atoms with Crippen molar-refractivity contribution in [3.8, 4) is 0 Å². The van der Waals surface area contributed by atoms with Gasteiger partial charge in [0.05, 0.1) is 16.7 Å². The lowest BCUT2D eigenvalue weighted by Crippen LogP contribution is -2.57. The topological polar surface area (TPSA) is 73.0 Å². The van der Waals surface area contributed by atoms with Gasteiger partial charge in [0.15, 0.2) is 0 Å². The van der Waals surface area contributed by atoms with Crippen molar-refractivity contribution in [3.63, 3.8) is 0 Å². The predicted octanol–water partition coefficient (Wildman–Crippen LogP) is 5.22. The first-order valence-electron chi connectivity index (χ1n) is 12.5. The number of nitrogens with zero attached hydrogens (tertiary/aromatic N) is 3. The minimum Gasteiger partial charge on any atom is -0.339 e. The lowest BCUT2D eigenvalue weighted by atomic mass is 9.85. The van der Waals surface area contributed by atoms with E-state index in [2.05, 4.69) is 10.2 Å². The van der Waals surface area contributed by atoms with Crippen molar-refractivity contribution in [3.05, 3.63) is 94.0 Å². The van der Waals surface area contributed by atoms with Crippen LogP contribution in [-0.2, 0) is 9.59 Å². The summed E-state index contributed by atoms with van der Waals surface area (Å²) in [5.74, 6) is -0.492. The van der Waals surface area contributed by atoms with Gasteiger partial charge >= 0.3 is 0 Å². The van der Waals surface area contributed by atoms with Crippen molar-refractivity contribution in [1.82, 2.24) is 9.80 Å². The Morgan fingerprint density at radius 1 is 0.921 bits per heavy atom. The van der Waals surface area contributed by atoms with Gasteiger partial charge in [0.2, 0.25) is 5.91 Å². The van der Waals surface area contributed by atoms with Crippen LogP contribution in [0.1, 0.15) is 28.8 Å². The fraction of sp³-hybridized carbons (Fsp3) is 0.276. The van der Waals surface area contributed by atoms with Crippen molar-refractivity contribution in [2.24, 2.45) is 0 Å². The van der Waals surface area contributed by atoms with E-state index < -0.39 is 5.54 Å². The van der Waals surface area contributed by atoms with Crippen LogP contribution in [0.5, 0.6) is 0 Å². The standard InChI is InChI=1S/C29H28Cl2N4O3/c1-20-6-5-7-22(16-20)32-26(36)18-34-19-35(23-8-3-2-4-9-23)29(28(34)38)12-14-33(15-13-29)27(37)21-10-11-24(30)25(31)17-21/h2-11,16-17H,12-15,18-19H2,1H3,(H,32,36).